The van der Waals surface area contributed by atoms with Crippen molar-refractivity contribution in [2.75, 3.05) is 19.7 Å². The zero-order valence-corrected chi connectivity index (χ0v) is 16.7. The van der Waals surface area contributed by atoms with E-state index < -0.39 is 11.8 Å². The first kappa shape index (κ1) is 19.4. The maximum atomic E-state index is 14.3. The molecule has 2 saturated heterocycles. The van der Waals surface area contributed by atoms with Crippen LogP contribution in [0, 0.1) is 18.7 Å². The van der Waals surface area contributed by atoms with Gasteiger partial charge in [0.25, 0.3) is 0 Å². The summed E-state index contributed by atoms with van der Waals surface area (Å²) in [5, 5.41) is 4.06. The summed E-state index contributed by atoms with van der Waals surface area (Å²) in [5.41, 5.74) is 0.309. The number of hydrogen-bond donors (Lipinski definition) is 1. The van der Waals surface area contributed by atoms with E-state index in [1.807, 2.05) is 0 Å². The van der Waals surface area contributed by atoms with Crippen molar-refractivity contribution in [1.82, 2.24) is 5.16 Å². The number of carbonyl (C=O) groups excluding carboxylic acids is 1. The molecule has 1 aromatic carbocycles. The Balaban J connectivity index is 1.52. The Kier molecular flexibility index (Phi) is 5.69. The minimum Gasteiger partial charge on any atom is -0.461 e. The van der Waals surface area contributed by atoms with Crippen molar-refractivity contribution in [2.45, 2.75) is 45.1 Å². The lowest BCUT2D eigenvalue weighted by Gasteiger charge is -2.40. The number of fused-ring (bicyclic) bond motifs is 1. The van der Waals surface area contributed by atoms with Gasteiger partial charge in [0.15, 0.2) is 0 Å². The number of piperidine rings is 2. The summed E-state index contributed by atoms with van der Waals surface area (Å²) in [6.45, 7) is 4.43. The molecule has 1 N–H and O–H groups in total. The van der Waals surface area contributed by atoms with E-state index in [0.29, 0.717) is 24.3 Å². The molecule has 1 unspecified atom stereocenters. The molecule has 3 heterocycles. The molecule has 0 saturated carbocycles. The number of rotatable bonds is 4. The SMILES string of the molecule is Cc1onc(-c2c(F)cccc2Cl)c1C(=O)OC[C@H]1CCC[NH+]2CCCC[C@H]12. The molecule has 0 spiro atoms. The van der Waals surface area contributed by atoms with Gasteiger partial charge in [-0.1, -0.05) is 22.8 Å². The summed E-state index contributed by atoms with van der Waals surface area (Å²) in [5.74, 6) is -0.416. The molecule has 7 heteroatoms. The molecule has 2 aliphatic heterocycles. The van der Waals surface area contributed by atoms with Gasteiger partial charge >= 0.3 is 5.97 Å². The lowest BCUT2D eigenvalue weighted by molar-refractivity contribution is -0.940. The largest absolute Gasteiger partial charge is 0.461 e. The van der Waals surface area contributed by atoms with E-state index in [-0.39, 0.29) is 21.8 Å². The van der Waals surface area contributed by atoms with Crippen LogP contribution < -0.4 is 4.90 Å². The van der Waals surface area contributed by atoms with E-state index in [1.165, 1.54) is 44.5 Å². The summed E-state index contributed by atoms with van der Waals surface area (Å²) < 4.78 is 25.2. The Morgan fingerprint density at radius 2 is 2.14 bits per heavy atom. The fraction of sp³-hybridized carbons (Fsp3) is 0.524. The lowest BCUT2D eigenvalue weighted by atomic mass is 9.84. The van der Waals surface area contributed by atoms with Crippen molar-refractivity contribution in [1.29, 1.82) is 0 Å². The third kappa shape index (κ3) is 3.67. The second kappa shape index (κ2) is 8.21. The number of aromatic nitrogens is 1. The zero-order chi connectivity index (χ0) is 19.7. The number of hydrogen-bond acceptors (Lipinski definition) is 4. The highest BCUT2D eigenvalue weighted by Crippen LogP contribution is 2.34. The van der Waals surface area contributed by atoms with E-state index in [0.717, 1.165) is 12.8 Å². The molecule has 2 fully saturated rings. The van der Waals surface area contributed by atoms with Crippen molar-refractivity contribution >= 4 is 17.6 Å². The Morgan fingerprint density at radius 1 is 1.32 bits per heavy atom. The van der Waals surface area contributed by atoms with Crippen LogP contribution in [0.5, 0.6) is 0 Å². The number of quaternary nitrogens is 1. The van der Waals surface area contributed by atoms with Gasteiger partial charge < -0.3 is 14.2 Å². The normalized spacial score (nSPS) is 24.6. The number of nitrogens with one attached hydrogen (secondary N) is 1. The van der Waals surface area contributed by atoms with Gasteiger partial charge in [0, 0.05) is 5.92 Å². The van der Waals surface area contributed by atoms with Gasteiger partial charge in [-0.25, -0.2) is 9.18 Å². The maximum Gasteiger partial charge on any atom is 0.344 e. The highest BCUT2D eigenvalue weighted by molar-refractivity contribution is 6.33. The molecule has 1 aromatic heterocycles. The molecule has 150 valence electrons. The quantitative estimate of drug-likeness (QED) is 0.789. The lowest BCUT2D eigenvalue weighted by Crippen LogP contribution is -3.18. The molecule has 0 aliphatic carbocycles. The maximum absolute atomic E-state index is 14.3. The number of esters is 1. The minimum absolute atomic E-state index is 0.0635. The third-order valence-corrected chi connectivity index (χ3v) is 6.44. The Labute approximate surface area is 168 Å². The Morgan fingerprint density at radius 3 is 2.96 bits per heavy atom. The number of ether oxygens (including phenoxy) is 1. The molecular weight excluding hydrogens is 383 g/mol. The minimum atomic E-state index is -0.552. The van der Waals surface area contributed by atoms with Crippen molar-refractivity contribution in [3.8, 4) is 11.3 Å². The van der Waals surface area contributed by atoms with E-state index >= 15 is 0 Å². The van der Waals surface area contributed by atoms with Crippen molar-refractivity contribution in [2.24, 2.45) is 5.92 Å². The van der Waals surface area contributed by atoms with E-state index in [4.69, 9.17) is 20.9 Å². The topological polar surface area (TPSA) is 56.8 Å². The van der Waals surface area contributed by atoms with Crippen molar-refractivity contribution < 1.29 is 23.3 Å². The molecule has 28 heavy (non-hydrogen) atoms. The van der Waals surface area contributed by atoms with Gasteiger partial charge in [0.2, 0.25) is 0 Å². The van der Waals surface area contributed by atoms with Crippen LogP contribution in [0.2, 0.25) is 5.02 Å². The highest BCUT2D eigenvalue weighted by Gasteiger charge is 2.37. The van der Waals surface area contributed by atoms with Gasteiger partial charge in [0.05, 0.1) is 29.7 Å². The highest BCUT2D eigenvalue weighted by atomic mass is 35.5. The number of aryl methyl sites for hydroxylation is 1. The fourth-order valence-electron chi connectivity index (χ4n) is 4.74. The van der Waals surface area contributed by atoms with Gasteiger partial charge in [0.1, 0.15) is 29.4 Å². The molecule has 0 amide bonds. The van der Waals surface area contributed by atoms with Crippen LogP contribution in [-0.2, 0) is 4.74 Å². The molecule has 2 aliphatic rings. The third-order valence-electron chi connectivity index (χ3n) is 6.12. The number of carbonyl (C=O) groups is 1. The van der Waals surface area contributed by atoms with Crippen LogP contribution in [0.25, 0.3) is 11.3 Å². The smallest absolute Gasteiger partial charge is 0.344 e. The molecule has 5 nitrogen and oxygen atoms in total. The molecular formula is C21H25ClFN2O3+. The van der Waals surface area contributed by atoms with Gasteiger partial charge in [-0.2, -0.15) is 0 Å². The first-order valence-corrected chi connectivity index (χ1v) is 10.4. The van der Waals surface area contributed by atoms with E-state index in [9.17, 15) is 9.18 Å². The summed E-state index contributed by atoms with van der Waals surface area (Å²) in [6, 6.07) is 4.91. The van der Waals surface area contributed by atoms with E-state index in [1.54, 1.807) is 17.9 Å². The predicted octanol–water partition coefficient (Wildman–Crippen LogP) is 3.45. The van der Waals surface area contributed by atoms with Crippen LogP contribution in [0.15, 0.2) is 22.7 Å². The summed E-state index contributed by atoms with van der Waals surface area (Å²) >= 11 is 6.15. The average Bonchev–Trinajstić information content (AvgIpc) is 3.07. The predicted molar refractivity (Wildman–Crippen MR) is 103 cm³/mol. The van der Waals surface area contributed by atoms with Crippen LogP contribution in [0.1, 0.15) is 48.2 Å². The number of benzene rings is 1. The second-order valence-corrected chi connectivity index (χ2v) is 8.23. The van der Waals surface area contributed by atoms with Crippen LogP contribution in [-0.4, -0.2) is 36.9 Å². The first-order valence-electron chi connectivity index (χ1n) is 9.98. The number of halogens is 2. The zero-order valence-electron chi connectivity index (χ0n) is 16.0. The summed E-state index contributed by atoms with van der Waals surface area (Å²) in [4.78, 5) is 14.5. The number of nitrogens with zero attached hydrogens (tertiary/aromatic N) is 1. The molecule has 0 radical (unpaired) electrons. The van der Waals surface area contributed by atoms with Crippen LogP contribution >= 0.6 is 11.6 Å². The Bertz CT molecular complexity index is 847. The molecule has 3 atom stereocenters. The summed E-state index contributed by atoms with van der Waals surface area (Å²) in [6.07, 6.45) is 5.97. The molecule has 4 rings (SSSR count). The van der Waals surface area contributed by atoms with Gasteiger partial charge in [-0.3, -0.25) is 0 Å². The standard InChI is InChI=1S/C21H24ClFN2O3/c1-13-18(20(24-28-13)19-15(22)7-4-8-16(19)23)21(26)27-12-14-6-5-11-25-10-3-2-9-17(14)25/h4,7-8,14,17H,2-3,5-6,9-12H2,1H3/p+1/t14-,17-/m1/s1. The molecule has 0 bridgehead atoms. The Hall–Kier alpha value is -1.92. The van der Waals surface area contributed by atoms with Crippen molar-refractivity contribution in [3.05, 3.63) is 40.4 Å². The average molecular weight is 408 g/mol. The van der Waals surface area contributed by atoms with Gasteiger partial charge in [-0.15, -0.1) is 0 Å². The second-order valence-electron chi connectivity index (χ2n) is 7.82. The van der Waals surface area contributed by atoms with Crippen molar-refractivity contribution in [3.63, 3.8) is 0 Å². The molecule has 2 aromatic rings. The summed E-state index contributed by atoms with van der Waals surface area (Å²) in [7, 11) is 0. The van der Waals surface area contributed by atoms with Crippen LogP contribution in [0.4, 0.5) is 4.39 Å². The first-order chi connectivity index (χ1) is 13.6. The fourth-order valence-corrected chi connectivity index (χ4v) is 4.99. The van der Waals surface area contributed by atoms with Gasteiger partial charge in [-0.05, 0) is 51.2 Å². The monoisotopic (exact) mass is 407 g/mol. The van der Waals surface area contributed by atoms with Crippen LogP contribution in [0.3, 0.4) is 0 Å². The van der Waals surface area contributed by atoms with E-state index in [2.05, 4.69) is 5.16 Å².